The molecule has 0 amide bonds. The van der Waals surface area contributed by atoms with Crippen LogP contribution in [0, 0.1) is 11.6 Å². The van der Waals surface area contributed by atoms with Gasteiger partial charge in [-0.25, -0.2) is 8.78 Å². The quantitative estimate of drug-likeness (QED) is 0.408. The number of phenolic OH excluding ortho intramolecular Hbond substituents is 1. The van der Waals surface area contributed by atoms with Gasteiger partial charge in [-0.3, -0.25) is 9.79 Å². The van der Waals surface area contributed by atoms with Crippen molar-refractivity contribution in [2.24, 2.45) is 4.99 Å². The average Bonchev–Trinajstić information content (AvgIpc) is 3.08. The standard InChI is InChI=1S/C21H23BF2N2O4/c1-22(29)26-19(10-13-12-25-18-8-7-14(27)11-15(13)18)20(28)6-3-9-30-21-16(23)4-2-5-17(21)24/h2,4-5,7-8,11-13,19,26-27,29H,3,6,9-10H2,1H3. The lowest BCUT2D eigenvalue weighted by Crippen LogP contribution is -2.45. The molecule has 0 radical (unpaired) electrons. The Morgan fingerprint density at radius 1 is 1.30 bits per heavy atom. The van der Waals surface area contributed by atoms with Crippen LogP contribution in [0.2, 0.25) is 6.82 Å². The van der Waals surface area contributed by atoms with Crippen molar-refractivity contribution in [3.05, 3.63) is 53.6 Å². The van der Waals surface area contributed by atoms with Gasteiger partial charge < -0.3 is 20.1 Å². The molecule has 0 spiro atoms. The summed E-state index contributed by atoms with van der Waals surface area (Å²) in [6, 6.07) is 7.67. The Kier molecular flexibility index (Phi) is 7.18. The average molecular weight is 416 g/mol. The number of hydrogen-bond acceptors (Lipinski definition) is 6. The molecule has 2 aromatic carbocycles. The van der Waals surface area contributed by atoms with Crippen molar-refractivity contribution in [1.82, 2.24) is 5.23 Å². The van der Waals surface area contributed by atoms with Crippen LogP contribution in [0.15, 0.2) is 41.4 Å². The molecule has 2 unspecified atom stereocenters. The second-order valence-electron chi connectivity index (χ2n) is 7.23. The molecule has 1 aliphatic heterocycles. The number of nitrogens with zero attached hydrogens (tertiary/aromatic N) is 1. The van der Waals surface area contributed by atoms with Crippen molar-refractivity contribution in [3.8, 4) is 11.5 Å². The number of hydrogen-bond donors (Lipinski definition) is 3. The summed E-state index contributed by atoms with van der Waals surface area (Å²) in [5.74, 6) is -2.27. The van der Waals surface area contributed by atoms with Crippen LogP contribution >= 0.6 is 0 Å². The molecule has 0 fully saturated rings. The number of fused-ring (bicyclic) bond motifs is 1. The van der Waals surface area contributed by atoms with Crippen LogP contribution in [0.3, 0.4) is 0 Å². The minimum Gasteiger partial charge on any atom is -0.508 e. The third kappa shape index (κ3) is 5.43. The first-order valence-corrected chi connectivity index (χ1v) is 9.76. The lowest BCUT2D eigenvalue weighted by atomic mass is 9.83. The van der Waals surface area contributed by atoms with Gasteiger partial charge in [-0.15, -0.1) is 0 Å². The first-order valence-electron chi connectivity index (χ1n) is 9.76. The summed E-state index contributed by atoms with van der Waals surface area (Å²) in [5, 5.41) is 22.3. The number of benzene rings is 2. The minimum atomic E-state index is -0.898. The summed E-state index contributed by atoms with van der Waals surface area (Å²) in [7, 11) is -0.898. The summed E-state index contributed by atoms with van der Waals surface area (Å²) >= 11 is 0. The number of phenols is 1. The van der Waals surface area contributed by atoms with Crippen LogP contribution in [0.5, 0.6) is 11.5 Å². The largest absolute Gasteiger partial charge is 0.508 e. The van der Waals surface area contributed by atoms with Crippen LogP contribution in [0.25, 0.3) is 0 Å². The lowest BCUT2D eigenvalue weighted by molar-refractivity contribution is -0.121. The van der Waals surface area contributed by atoms with Crippen molar-refractivity contribution in [2.45, 2.75) is 38.0 Å². The molecule has 0 aliphatic carbocycles. The third-order valence-electron chi connectivity index (χ3n) is 4.86. The number of ether oxygens (including phenoxy) is 1. The number of aromatic hydroxyl groups is 1. The van der Waals surface area contributed by atoms with E-state index in [0.717, 1.165) is 23.4 Å². The van der Waals surface area contributed by atoms with Crippen LogP contribution in [-0.4, -0.2) is 41.8 Å². The molecule has 6 nitrogen and oxygen atoms in total. The van der Waals surface area contributed by atoms with Crippen LogP contribution in [-0.2, 0) is 4.79 Å². The fourth-order valence-electron chi connectivity index (χ4n) is 3.45. The number of aliphatic imine (C=N–C) groups is 1. The Morgan fingerprint density at radius 3 is 2.73 bits per heavy atom. The molecule has 2 atom stereocenters. The van der Waals surface area contributed by atoms with E-state index < -0.39 is 30.5 Å². The van der Waals surface area contributed by atoms with Crippen LogP contribution < -0.4 is 9.96 Å². The highest BCUT2D eigenvalue weighted by molar-refractivity contribution is 6.46. The van der Waals surface area contributed by atoms with E-state index in [2.05, 4.69) is 10.2 Å². The highest BCUT2D eigenvalue weighted by Crippen LogP contribution is 2.37. The molecule has 9 heteroatoms. The number of carbonyl (C=O) groups excluding carboxylic acids is 1. The Hall–Kier alpha value is -2.78. The number of carbonyl (C=O) groups is 1. The zero-order valence-corrected chi connectivity index (χ0v) is 16.5. The van der Waals surface area contributed by atoms with E-state index >= 15 is 0 Å². The topological polar surface area (TPSA) is 91.1 Å². The number of ketones is 1. The molecular weight excluding hydrogens is 393 g/mol. The van der Waals surface area contributed by atoms with E-state index in [4.69, 9.17) is 4.74 Å². The van der Waals surface area contributed by atoms with Gasteiger partial charge in [0.15, 0.2) is 17.4 Å². The maximum atomic E-state index is 13.6. The third-order valence-corrected chi connectivity index (χ3v) is 4.86. The van der Waals surface area contributed by atoms with E-state index in [0.29, 0.717) is 6.42 Å². The van der Waals surface area contributed by atoms with E-state index in [9.17, 15) is 23.7 Å². The monoisotopic (exact) mass is 416 g/mol. The van der Waals surface area contributed by atoms with Crippen molar-refractivity contribution in [3.63, 3.8) is 0 Å². The Bertz CT molecular complexity index is 919. The van der Waals surface area contributed by atoms with Crippen LogP contribution in [0.4, 0.5) is 14.5 Å². The molecule has 1 heterocycles. The zero-order chi connectivity index (χ0) is 21.7. The molecule has 1 aliphatic rings. The molecule has 2 aromatic rings. The summed E-state index contributed by atoms with van der Waals surface area (Å²) in [4.78, 5) is 17.0. The molecule has 0 saturated carbocycles. The van der Waals surface area contributed by atoms with Gasteiger partial charge >= 0.3 is 7.05 Å². The van der Waals surface area contributed by atoms with Gasteiger partial charge in [-0.2, -0.15) is 0 Å². The minimum absolute atomic E-state index is 0.0212. The zero-order valence-electron chi connectivity index (χ0n) is 16.5. The fourth-order valence-corrected chi connectivity index (χ4v) is 3.45. The normalized spacial score (nSPS) is 15.7. The molecule has 3 rings (SSSR count). The highest BCUT2D eigenvalue weighted by Gasteiger charge is 2.28. The SMILES string of the molecule is CB(O)NC(CC1C=Nc2ccc(O)cc21)C(=O)CCCOc1c(F)cccc1F. The maximum Gasteiger partial charge on any atom is 0.374 e. The van der Waals surface area contributed by atoms with Crippen LogP contribution in [0.1, 0.15) is 30.7 Å². The number of Topliss-reactive ketones (excluding diaryl/α,β-unsaturated/α-hetero) is 1. The Labute approximate surface area is 173 Å². The first-order chi connectivity index (χ1) is 14.3. The smallest absolute Gasteiger partial charge is 0.374 e. The number of para-hydroxylation sites is 1. The van der Waals surface area contributed by atoms with Crippen molar-refractivity contribution in [1.29, 1.82) is 0 Å². The maximum absolute atomic E-state index is 13.6. The predicted octanol–water partition coefficient (Wildman–Crippen LogP) is 3.36. The highest BCUT2D eigenvalue weighted by atomic mass is 19.1. The van der Waals surface area contributed by atoms with Gasteiger partial charge in [0, 0.05) is 18.6 Å². The fraction of sp³-hybridized carbons (Fsp3) is 0.333. The molecule has 30 heavy (non-hydrogen) atoms. The first kappa shape index (κ1) is 21.9. The molecule has 0 bridgehead atoms. The Balaban J connectivity index is 1.57. The second kappa shape index (κ2) is 9.82. The van der Waals surface area contributed by atoms with E-state index in [-0.39, 0.29) is 36.9 Å². The summed E-state index contributed by atoms with van der Waals surface area (Å²) < 4.78 is 32.3. The molecular formula is C21H23BF2N2O4. The predicted molar refractivity (Wildman–Crippen MR) is 110 cm³/mol. The summed E-state index contributed by atoms with van der Waals surface area (Å²) in [5.41, 5.74) is 1.56. The van der Waals surface area contributed by atoms with Gasteiger partial charge in [0.25, 0.3) is 0 Å². The summed E-state index contributed by atoms with van der Waals surface area (Å²) in [6.45, 7) is 1.50. The van der Waals surface area contributed by atoms with Gasteiger partial charge in [0.2, 0.25) is 0 Å². The van der Waals surface area contributed by atoms with Crippen molar-refractivity contribution in [2.75, 3.05) is 6.61 Å². The molecule has 158 valence electrons. The van der Waals surface area contributed by atoms with E-state index in [1.54, 1.807) is 24.4 Å². The molecule has 3 N–H and O–H groups in total. The van der Waals surface area contributed by atoms with Gasteiger partial charge in [-0.05, 0) is 55.6 Å². The number of nitrogens with one attached hydrogen (secondary N) is 1. The van der Waals surface area contributed by atoms with E-state index in [1.807, 2.05) is 0 Å². The van der Waals surface area contributed by atoms with Gasteiger partial charge in [-0.1, -0.05) is 6.07 Å². The second-order valence-corrected chi connectivity index (χ2v) is 7.23. The number of halogens is 2. The molecule has 0 aromatic heterocycles. The van der Waals surface area contributed by atoms with Gasteiger partial charge in [0.05, 0.1) is 18.3 Å². The Morgan fingerprint density at radius 2 is 2.03 bits per heavy atom. The van der Waals surface area contributed by atoms with Crippen molar-refractivity contribution >= 4 is 24.7 Å². The summed E-state index contributed by atoms with van der Waals surface area (Å²) in [6.07, 6.45) is 2.45. The van der Waals surface area contributed by atoms with Crippen molar-refractivity contribution < 1.29 is 28.4 Å². The number of rotatable bonds is 10. The lowest BCUT2D eigenvalue weighted by Gasteiger charge is -2.21. The van der Waals surface area contributed by atoms with Gasteiger partial charge in [0.1, 0.15) is 11.5 Å². The van der Waals surface area contributed by atoms with E-state index in [1.165, 1.54) is 12.9 Å². The molecule has 0 saturated heterocycles.